The number of fused-ring (bicyclic) bond motifs is 1. The molecule has 142 valence electrons. The molecular formula is C20H23N3O2S2. The maximum Gasteiger partial charge on any atom is 0.270 e. The summed E-state index contributed by atoms with van der Waals surface area (Å²) < 4.78 is 6.59. The number of nitrogens with zero attached hydrogens (tertiary/aromatic N) is 3. The predicted octanol–water partition coefficient (Wildman–Crippen LogP) is 3.95. The van der Waals surface area contributed by atoms with Gasteiger partial charge in [0.2, 0.25) is 0 Å². The number of thiazole rings is 1. The number of carbonyl (C=O) groups is 1. The van der Waals surface area contributed by atoms with Crippen LogP contribution in [0.3, 0.4) is 0 Å². The van der Waals surface area contributed by atoms with Gasteiger partial charge < -0.3 is 4.74 Å². The highest BCUT2D eigenvalue weighted by Crippen LogP contribution is 2.33. The molecule has 2 aromatic heterocycles. The number of rotatable bonds is 5. The van der Waals surface area contributed by atoms with Crippen molar-refractivity contribution in [1.29, 1.82) is 0 Å². The fourth-order valence-electron chi connectivity index (χ4n) is 3.36. The summed E-state index contributed by atoms with van der Waals surface area (Å²) in [6.07, 6.45) is 0. The van der Waals surface area contributed by atoms with Crippen LogP contribution in [0.15, 0.2) is 29.6 Å². The highest BCUT2D eigenvalue weighted by Gasteiger charge is 2.23. The first-order valence-electron chi connectivity index (χ1n) is 9.15. The molecular weight excluding hydrogens is 378 g/mol. The molecule has 0 radical (unpaired) electrons. The van der Waals surface area contributed by atoms with Crippen LogP contribution in [0.1, 0.15) is 20.8 Å². The molecule has 1 fully saturated rings. The number of hydrogen-bond acceptors (Lipinski definition) is 6. The van der Waals surface area contributed by atoms with Gasteiger partial charge in [-0.1, -0.05) is 23.5 Å². The lowest BCUT2D eigenvalue weighted by Crippen LogP contribution is -2.43. The van der Waals surface area contributed by atoms with E-state index in [1.165, 1.54) is 22.5 Å². The second-order valence-electron chi connectivity index (χ2n) is 6.81. The van der Waals surface area contributed by atoms with E-state index in [2.05, 4.69) is 30.9 Å². The molecule has 1 aliphatic rings. The summed E-state index contributed by atoms with van der Waals surface area (Å²) in [4.78, 5) is 22.9. The average Bonchev–Trinajstić information content (AvgIpc) is 3.32. The molecule has 0 spiro atoms. The summed E-state index contributed by atoms with van der Waals surface area (Å²) in [5.74, 6) is 0.0340. The van der Waals surface area contributed by atoms with Crippen LogP contribution in [-0.4, -0.2) is 55.2 Å². The minimum atomic E-state index is 0.0340. The Morgan fingerprint density at radius 1 is 1.30 bits per heavy atom. The lowest BCUT2D eigenvalue weighted by Gasteiger charge is -2.29. The Morgan fingerprint density at radius 3 is 2.85 bits per heavy atom. The lowest BCUT2D eigenvalue weighted by atomic mass is 10.1. The van der Waals surface area contributed by atoms with Crippen LogP contribution >= 0.6 is 22.7 Å². The number of amides is 1. The smallest absolute Gasteiger partial charge is 0.270 e. The minimum absolute atomic E-state index is 0.0340. The van der Waals surface area contributed by atoms with Crippen molar-refractivity contribution in [3.63, 3.8) is 0 Å². The SMILES string of the molecule is Cc1cc(C)c2sc(N(CCN3CCOCC3)C(=O)c3cccs3)nc2c1. The van der Waals surface area contributed by atoms with E-state index in [9.17, 15) is 4.79 Å². The van der Waals surface area contributed by atoms with E-state index in [0.29, 0.717) is 6.54 Å². The first-order valence-corrected chi connectivity index (χ1v) is 10.8. The van der Waals surface area contributed by atoms with Crippen molar-refractivity contribution in [3.05, 3.63) is 45.6 Å². The van der Waals surface area contributed by atoms with Gasteiger partial charge in [0.05, 0.1) is 28.3 Å². The molecule has 1 aliphatic heterocycles. The third-order valence-electron chi connectivity index (χ3n) is 4.76. The van der Waals surface area contributed by atoms with Crippen molar-refractivity contribution in [3.8, 4) is 0 Å². The molecule has 5 nitrogen and oxygen atoms in total. The van der Waals surface area contributed by atoms with Crippen LogP contribution in [0.25, 0.3) is 10.2 Å². The second-order valence-corrected chi connectivity index (χ2v) is 8.74. The molecule has 0 unspecified atom stereocenters. The molecule has 1 aromatic carbocycles. The van der Waals surface area contributed by atoms with Gasteiger partial charge in [0.15, 0.2) is 5.13 Å². The van der Waals surface area contributed by atoms with Crippen molar-refractivity contribution >= 4 is 43.9 Å². The van der Waals surface area contributed by atoms with Gasteiger partial charge in [-0.3, -0.25) is 14.6 Å². The molecule has 1 amide bonds. The summed E-state index contributed by atoms with van der Waals surface area (Å²) in [5, 5.41) is 2.73. The number of hydrogen-bond donors (Lipinski definition) is 0. The monoisotopic (exact) mass is 401 g/mol. The van der Waals surface area contributed by atoms with Crippen molar-refractivity contribution in [2.24, 2.45) is 0 Å². The summed E-state index contributed by atoms with van der Waals surface area (Å²) in [5.41, 5.74) is 3.38. The zero-order valence-corrected chi connectivity index (χ0v) is 17.2. The number of benzene rings is 1. The minimum Gasteiger partial charge on any atom is -0.379 e. The molecule has 27 heavy (non-hydrogen) atoms. The first-order chi connectivity index (χ1) is 13.1. The van der Waals surface area contributed by atoms with Gasteiger partial charge in [0.1, 0.15) is 0 Å². The molecule has 0 N–H and O–H groups in total. The molecule has 7 heteroatoms. The zero-order chi connectivity index (χ0) is 18.8. The Morgan fingerprint density at radius 2 is 2.11 bits per heavy atom. The predicted molar refractivity (Wildman–Crippen MR) is 112 cm³/mol. The molecule has 4 rings (SSSR count). The zero-order valence-electron chi connectivity index (χ0n) is 15.6. The van der Waals surface area contributed by atoms with Crippen molar-refractivity contribution in [2.75, 3.05) is 44.3 Å². The fraction of sp³-hybridized carbons (Fsp3) is 0.400. The Hall–Kier alpha value is -1.80. The maximum absolute atomic E-state index is 13.2. The highest BCUT2D eigenvalue weighted by molar-refractivity contribution is 7.22. The molecule has 0 aliphatic carbocycles. The molecule has 0 saturated carbocycles. The topological polar surface area (TPSA) is 45.7 Å². The second kappa shape index (κ2) is 8.06. The van der Waals surface area contributed by atoms with E-state index in [4.69, 9.17) is 9.72 Å². The number of carbonyl (C=O) groups excluding carboxylic acids is 1. The van der Waals surface area contributed by atoms with Gasteiger partial charge in [-0.2, -0.15) is 0 Å². The number of aryl methyl sites for hydroxylation is 2. The third kappa shape index (κ3) is 4.06. The number of morpholine rings is 1. The molecule has 0 atom stereocenters. The number of aromatic nitrogens is 1. The molecule has 3 aromatic rings. The van der Waals surface area contributed by atoms with Gasteiger partial charge in [-0.05, 0) is 42.5 Å². The van der Waals surface area contributed by atoms with Crippen LogP contribution < -0.4 is 4.90 Å². The number of anilines is 1. The molecule has 0 bridgehead atoms. The Bertz CT molecular complexity index is 930. The van der Waals surface area contributed by atoms with E-state index >= 15 is 0 Å². The summed E-state index contributed by atoms with van der Waals surface area (Å²) in [6, 6.07) is 8.07. The van der Waals surface area contributed by atoms with Gasteiger partial charge in [-0.15, -0.1) is 11.3 Å². The summed E-state index contributed by atoms with van der Waals surface area (Å²) in [7, 11) is 0. The van der Waals surface area contributed by atoms with Gasteiger partial charge >= 0.3 is 0 Å². The Kier molecular flexibility index (Phi) is 5.54. The number of ether oxygens (including phenoxy) is 1. The van der Waals surface area contributed by atoms with Crippen LogP contribution in [0.5, 0.6) is 0 Å². The Balaban J connectivity index is 1.64. The van der Waals surface area contributed by atoms with Crippen LogP contribution in [0, 0.1) is 13.8 Å². The Labute approximate surface area is 167 Å². The summed E-state index contributed by atoms with van der Waals surface area (Å²) in [6.45, 7) is 9.01. The standard InChI is InChI=1S/C20H23N3O2S2/c1-14-12-15(2)18-16(13-14)21-20(27-18)23(19(24)17-4-3-11-26-17)6-5-22-7-9-25-10-8-22/h3-4,11-13H,5-10H2,1-2H3. The van der Waals surface area contributed by atoms with Gasteiger partial charge in [0.25, 0.3) is 5.91 Å². The van der Waals surface area contributed by atoms with Crippen LogP contribution in [0.4, 0.5) is 5.13 Å². The van der Waals surface area contributed by atoms with E-state index in [1.54, 1.807) is 11.3 Å². The van der Waals surface area contributed by atoms with Crippen molar-refractivity contribution in [2.45, 2.75) is 13.8 Å². The quantitative estimate of drug-likeness (QED) is 0.649. The fourth-order valence-corrected chi connectivity index (χ4v) is 5.08. The van der Waals surface area contributed by atoms with Crippen molar-refractivity contribution < 1.29 is 9.53 Å². The third-order valence-corrected chi connectivity index (χ3v) is 6.85. The van der Waals surface area contributed by atoms with Gasteiger partial charge in [0, 0.05) is 26.2 Å². The summed E-state index contributed by atoms with van der Waals surface area (Å²) >= 11 is 3.09. The van der Waals surface area contributed by atoms with Crippen molar-refractivity contribution in [1.82, 2.24) is 9.88 Å². The maximum atomic E-state index is 13.2. The largest absolute Gasteiger partial charge is 0.379 e. The average molecular weight is 402 g/mol. The van der Waals surface area contributed by atoms with E-state index in [-0.39, 0.29) is 5.91 Å². The first kappa shape index (κ1) is 18.6. The van der Waals surface area contributed by atoms with E-state index < -0.39 is 0 Å². The molecule has 3 heterocycles. The lowest BCUT2D eigenvalue weighted by molar-refractivity contribution is 0.0391. The van der Waals surface area contributed by atoms with E-state index in [0.717, 1.165) is 53.1 Å². The number of thiophene rings is 1. The van der Waals surface area contributed by atoms with Crippen LogP contribution in [0.2, 0.25) is 0 Å². The van der Waals surface area contributed by atoms with Crippen LogP contribution in [-0.2, 0) is 4.74 Å². The van der Waals surface area contributed by atoms with E-state index in [1.807, 2.05) is 22.4 Å². The highest BCUT2D eigenvalue weighted by atomic mass is 32.1. The molecule has 1 saturated heterocycles. The van der Waals surface area contributed by atoms with Gasteiger partial charge in [-0.25, -0.2) is 4.98 Å². The normalized spacial score (nSPS) is 15.3.